The molecule has 0 aromatic heterocycles. The van der Waals surface area contributed by atoms with E-state index >= 15 is 0 Å². The highest BCUT2D eigenvalue weighted by Crippen LogP contribution is 2.42. The van der Waals surface area contributed by atoms with E-state index in [1.807, 2.05) is 0 Å². The lowest BCUT2D eigenvalue weighted by Crippen LogP contribution is -1.88. The second-order valence-electron chi connectivity index (χ2n) is 1.40. The van der Waals surface area contributed by atoms with Crippen molar-refractivity contribution in [3.63, 3.8) is 0 Å². The lowest BCUT2D eigenvalue weighted by molar-refractivity contribution is 0.275. The van der Waals surface area contributed by atoms with Crippen LogP contribution in [0, 0.1) is 12.5 Å². The van der Waals surface area contributed by atoms with Crippen LogP contribution < -0.4 is 0 Å². The van der Waals surface area contributed by atoms with E-state index in [9.17, 15) is 4.57 Å². The van der Waals surface area contributed by atoms with Crippen molar-refractivity contribution in [3.05, 3.63) is 0 Å². The molecule has 0 bridgehead atoms. The van der Waals surface area contributed by atoms with E-state index in [4.69, 9.17) is 6.42 Å². The third-order valence-corrected chi connectivity index (χ3v) is 1.75. The molecule has 3 nitrogen and oxygen atoms in total. The van der Waals surface area contributed by atoms with Gasteiger partial charge >= 0.3 is 7.60 Å². The van der Waals surface area contributed by atoms with E-state index in [0.29, 0.717) is 6.61 Å². The van der Waals surface area contributed by atoms with Crippen molar-refractivity contribution in [1.82, 2.24) is 0 Å². The molecule has 0 saturated carbocycles. The molecule has 0 heterocycles. The first kappa shape index (κ1) is 8.55. The van der Waals surface area contributed by atoms with Crippen LogP contribution in [0.1, 0.15) is 9.78 Å². The molecule has 0 aromatic rings. The fourth-order valence-corrected chi connectivity index (χ4v) is 1.07. The first-order chi connectivity index (χ1) is 4.12. The van der Waals surface area contributed by atoms with Crippen LogP contribution in [0.4, 0.5) is 0 Å². The molecular formula is C5H13O3P. The molecule has 4 heteroatoms. The van der Waals surface area contributed by atoms with Gasteiger partial charge in [-0.25, -0.2) is 4.57 Å². The van der Waals surface area contributed by atoms with Gasteiger partial charge in [0, 0.05) is 2.85 Å². The highest BCUT2D eigenvalue weighted by atomic mass is 31.2. The SMILES string of the molecule is C#COP(C)(=O)OCC.[HH].[HH]. The van der Waals surface area contributed by atoms with E-state index < -0.39 is 7.60 Å². The third-order valence-electron chi connectivity index (χ3n) is 0.582. The molecule has 0 N–H and O–H groups in total. The van der Waals surface area contributed by atoms with Crippen molar-refractivity contribution in [1.29, 1.82) is 0 Å². The molecule has 0 amide bonds. The van der Waals surface area contributed by atoms with E-state index in [0.717, 1.165) is 0 Å². The average Bonchev–Trinajstić information content (AvgIpc) is 1.64. The number of hydrogen-bond acceptors (Lipinski definition) is 3. The summed E-state index contributed by atoms with van der Waals surface area (Å²) >= 11 is 0. The van der Waals surface area contributed by atoms with Gasteiger partial charge in [0.15, 0.2) is 0 Å². The van der Waals surface area contributed by atoms with Gasteiger partial charge in [-0.3, -0.25) is 4.52 Å². The predicted octanol–water partition coefficient (Wildman–Crippen LogP) is 1.95. The summed E-state index contributed by atoms with van der Waals surface area (Å²) in [5.41, 5.74) is 0. The Morgan fingerprint density at radius 2 is 2.44 bits per heavy atom. The zero-order valence-electron chi connectivity index (χ0n) is 5.46. The summed E-state index contributed by atoms with van der Waals surface area (Å²) in [6.07, 6.45) is 6.53. The molecule has 0 rings (SSSR count). The van der Waals surface area contributed by atoms with Gasteiger partial charge in [-0.2, -0.15) is 0 Å². The lowest BCUT2D eigenvalue weighted by Gasteiger charge is -2.06. The minimum atomic E-state index is -2.93. The van der Waals surface area contributed by atoms with E-state index in [-0.39, 0.29) is 2.85 Å². The predicted molar refractivity (Wildman–Crippen MR) is 39.3 cm³/mol. The number of terminal acetylenes is 1. The molecule has 1 atom stereocenters. The van der Waals surface area contributed by atoms with Crippen LogP contribution in [0.2, 0.25) is 0 Å². The maximum Gasteiger partial charge on any atom is 0.384 e. The topological polar surface area (TPSA) is 35.5 Å². The Balaban J connectivity index is -0.000000320. The Morgan fingerprint density at radius 1 is 1.89 bits per heavy atom. The van der Waals surface area contributed by atoms with Crippen molar-refractivity contribution in [2.24, 2.45) is 0 Å². The first-order valence-electron chi connectivity index (χ1n) is 2.48. The molecule has 0 saturated heterocycles. The first-order valence-corrected chi connectivity index (χ1v) is 4.47. The van der Waals surface area contributed by atoms with Gasteiger partial charge in [0.1, 0.15) is 6.11 Å². The van der Waals surface area contributed by atoms with E-state index in [2.05, 4.69) is 9.05 Å². The second kappa shape index (κ2) is 3.55. The van der Waals surface area contributed by atoms with Gasteiger partial charge in [0.05, 0.1) is 13.3 Å². The molecule has 0 aliphatic carbocycles. The molecule has 1 unspecified atom stereocenters. The monoisotopic (exact) mass is 152 g/mol. The smallest absolute Gasteiger partial charge is 0.371 e. The molecule has 0 aromatic carbocycles. The van der Waals surface area contributed by atoms with Gasteiger partial charge in [-0.15, -0.1) is 0 Å². The zero-order valence-corrected chi connectivity index (χ0v) is 6.35. The molecular weight excluding hydrogens is 139 g/mol. The number of rotatable bonds is 3. The summed E-state index contributed by atoms with van der Waals surface area (Å²) in [4.78, 5) is 0. The summed E-state index contributed by atoms with van der Waals surface area (Å²) in [5, 5.41) is 0. The summed E-state index contributed by atoms with van der Waals surface area (Å²) in [6, 6.07) is 0. The van der Waals surface area contributed by atoms with Crippen LogP contribution in [0.15, 0.2) is 0 Å². The van der Waals surface area contributed by atoms with Crippen LogP contribution in [0.3, 0.4) is 0 Å². The third kappa shape index (κ3) is 4.08. The second-order valence-corrected chi connectivity index (χ2v) is 3.38. The molecule has 9 heavy (non-hydrogen) atoms. The number of hydrogen-bond donors (Lipinski definition) is 0. The Kier molecular flexibility index (Phi) is 3.37. The fourth-order valence-electron chi connectivity index (χ4n) is 0.357. The maximum absolute atomic E-state index is 10.8. The average molecular weight is 152 g/mol. The molecule has 0 radical (unpaired) electrons. The Bertz CT molecular complexity index is 166. The lowest BCUT2D eigenvalue weighted by atomic mass is 10.9. The molecule has 0 aliphatic heterocycles. The maximum atomic E-state index is 10.8. The molecule has 0 aliphatic rings. The largest absolute Gasteiger partial charge is 0.384 e. The highest BCUT2D eigenvalue weighted by Gasteiger charge is 2.14. The molecule has 0 fully saturated rings. The zero-order chi connectivity index (χ0) is 7.33. The van der Waals surface area contributed by atoms with Crippen molar-refractivity contribution >= 4 is 7.60 Å². The minimum absolute atomic E-state index is 0. The summed E-state index contributed by atoms with van der Waals surface area (Å²) in [7, 11) is -2.93. The normalized spacial score (nSPS) is 15.7. The van der Waals surface area contributed by atoms with Gasteiger partial charge < -0.3 is 4.52 Å². The van der Waals surface area contributed by atoms with Crippen LogP contribution in [0.25, 0.3) is 0 Å². The summed E-state index contributed by atoms with van der Waals surface area (Å²) in [5.74, 6) is 0. The Labute approximate surface area is 57.9 Å². The summed E-state index contributed by atoms with van der Waals surface area (Å²) in [6.45, 7) is 3.39. The van der Waals surface area contributed by atoms with Crippen molar-refractivity contribution in [2.75, 3.05) is 13.3 Å². The van der Waals surface area contributed by atoms with Crippen LogP contribution in [-0.2, 0) is 13.6 Å². The van der Waals surface area contributed by atoms with Crippen LogP contribution in [0.5, 0.6) is 0 Å². The quantitative estimate of drug-likeness (QED) is 0.458. The van der Waals surface area contributed by atoms with Crippen molar-refractivity contribution in [2.45, 2.75) is 6.92 Å². The van der Waals surface area contributed by atoms with Gasteiger partial charge in [0.25, 0.3) is 0 Å². The van der Waals surface area contributed by atoms with Crippen molar-refractivity contribution in [3.8, 4) is 12.5 Å². The summed E-state index contributed by atoms with van der Waals surface area (Å²) < 4.78 is 19.8. The highest BCUT2D eigenvalue weighted by molar-refractivity contribution is 7.53. The Hall–Kier alpha value is -0.450. The van der Waals surface area contributed by atoms with Crippen LogP contribution in [-0.4, -0.2) is 13.3 Å². The standard InChI is InChI=1S/C5H9O3P.2H2/c1-4-7-9(3,6)8-5-2;;/h1H,5H2,2-3H3;2*1H. The minimum Gasteiger partial charge on any atom is -0.371 e. The molecule has 56 valence electrons. The Morgan fingerprint density at radius 3 is 2.78 bits per heavy atom. The van der Waals surface area contributed by atoms with E-state index in [1.165, 1.54) is 6.66 Å². The van der Waals surface area contributed by atoms with E-state index in [1.54, 1.807) is 13.0 Å². The van der Waals surface area contributed by atoms with Gasteiger partial charge in [-0.05, 0) is 6.92 Å². The van der Waals surface area contributed by atoms with Crippen LogP contribution >= 0.6 is 7.60 Å². The van der Waals surface area contributed by atoms with Gasteiger partial charge in [0.2, 0.25) is 0 Å². The van der Waals surface area contributed by atoms with Gasteiger partial charge in [-0.1, -0.05) is 6.42 Å². The fraction of sp³-hybridized carbons (Fsp3) is 0.600. The molecule has 0 spiro atoms. The van der Waals surface area contributed by atoms with Crippen molar-refractivity contribution < 1.29 is 16.5 Å².